The van der Waals surface area contributed by atoms with Crippen molar-refractivity contribution in [1.29, 1.82) is 0 Å². The van der Waals surface area contributed by atoms with Gasteiger partial charge in [-0.05, 0) is 19.8 Å². The maximum absolute atomic E-state index is 11.5. The number of carbonyl (C=O) groups is 2. The van der Waals surface area contributed by atoms with Crippen LogP contribution < -0.4 is 5.32 Å². The van der Waals surface area contributed by atoms with Gasteiger partial charge in [0.05, 0.1) is 0 Å². The normalized spacial score (nSPS) is 21.4. The van der Waals surface area contributed by atoms with Crippen molar-refractivity contribution < 1.29 is 14.7 Å². The van der Waals surface area contributed by atoms with Crippen LogP contribution >= 0.6 is 0 Å². The molecule has 0 aromatic rings. The first-order chi connectivity index (χ1) is 5.96. The Bertz CT molecular complexity index is 233. The molecule has 1 atom stereocenters. The van der Waals surface area contributed by atoms with E-state index in [1.807, 2.05) is 6.92 Å². The molecule has 0 heterocycles. The van der Waals surface area contributed by atoms with Crippen molar-refractivity contribution in [1.82, 2.24) is 5.32 Å². The maximum Gasteiger partial charge on any atom is 0.325 e. The van der Waals surface area contributed by atoms with E-state index < -0.39 is 12.0 Å². The summed E-state index contributed by atoms with van der Waals surface area (Å²) in [5.41, 5.74) is -0.316. The molecule has 1 amide bonds. The minimum absolute atomic E-state index is 0.131. The zero-order chi connectivity index (χ0) is 10.1. The number of nitrogens with one attached hydrogen (secondary N) is 1. The van der Waals surface area contributed by atoms with Crippen LogP contribution in [0.1, 0.15) is 33.1 Å². The van der Waals surface area contributed by atoms with E-state index in [1.165, 1.54) is 6.92 Å². The van der Waals surface area contributed by atoms with Crippen molar-refractivity contribution in [3.05, 3.63) is 0 Å². The predicted octanol–water partition coefficient (Wildman–Crippen LogP) is 0.766. The monoisotopic (exact) mass is 185 g/mol. The number of carboxylic acid groups (broad SMARTS) is 1. The highest BCUT2D eigenvalue weighted by Gasteiger charge is 2.39. The molecular formula is C9H15NO3. The number of rotatable bonds is 3. The molecule has 0 aromatic heterocycles. The van der Waals surface area contributed by atoms with Gasteiger partial charge in [0.25, 0.3) is 0 Å². The average Bonchev–Trinajstić information content (AvgIpc) is 1.99. The fourth-order valence-corrected chi connectivity index (χ4v) is 1.37. The fraction of sp³-hybridized carbons (Fsp3) is 0.778. The number of hydrogen-bond acceptors (Lipinski definition) is 2. The van der Waals surface area contributed by atoms with Crippen molar-refractivity contribution in [3.8, 4) is 0 Å². The highest BCUT2D eigenvalue weighted by molar-refractivity contribution is 5.87. The van der Waals surface area contributed by atoms with Gasteiger partial charge < -0.3 is 10.4 Å². The Hall–Kier alpha value is -1.06. The van der Waals surface area contributed by atoms with Crippen LogP contribution in [-0.4, -0.2) is 23.0 Å². The molecule has 13 heavy (non-hydrogen) atoms. The second kappa shape index (κ2) is 3.36. The SMILES string of the molecule is C[C@H](NC(=O)C1(C)CCC1)C(=O)O. The largest absolute Gasteiger partial charge is 0.480 e. The van der Waals surface area contributed by atoms with E-state index in [4.69, 9.17) is 5.11 Å². The Kier molecular flexibility index (Phi) is 2.59. The third-order valence-electron chi connectivity index (χ3n) is 2.72. The van der Waals surface area contributed by atoms with E-state index in [-0.39, 0.29) is 11.3 Å². The van der Waals surface area contributed by atoms with Gasteiger partial charge in [0.15, 0.2) is 0 Å². The first kappa shape index (κ1) is 10.0. The van der Waals surface area contributed by atoms with Crippen molar-refractivity contribution in [2.75, 3.05) is 0 Å². The van der Waals surface area contributed by atoms with Crippen LogP contribution in [0, 0.1) is 5.41 Å². The van der Waals surface area contributed by atoms with E-state index in [0.29, 0.717) is 0 Å². The van der Waals surface area contributed by atoms with Gasteiger partial charge >= 0.3 is 5.97 Å². The van der Waals surface area contributed by atoms with E-state index in [9.17, 15) is 9.59 Å². The molecule has 1 rings (SSSR count). The van der Waals surface area contributed by atoms with Gasteiger partial charge in [-0.15, -0.1) is 0 Å². The quantitative estimate of drug-likeness (QED) is 0.682. The Balaban J connectivity index is 2.45. The smallest absolute Gasteiger partial charge is 0.325 e. The Morgan fingerprint density at radius 3 is 2.31 bits per heavy atom. The Morgan fingerprint density at radius 2 is 2.00 bits per heavy atom. The number of hydrogen-bond donors (Lipinski definition) is 2. The van der Waals surface area contributed by atoms with Crippen molar-refractivity contribution in [2.45, 2.75) is 39.2 Å². The summed E-state index contributed by atoms with van der Waals surface area (Å²) >= 11 is 0. The van der Waals surface area contributed by atoms with E-state index >= 15 is 0 Å². The van der Waals surface area contributed by atoms with Gasteiger partial charge in [-0.25, -0.2) is 0 Å². The maximum atomic E-state index is 11.5. The molecule has 0 radical (unpaired) electrons. The number of carboxylic acids is 1. The zero-order valence-electron chi connectivity index (χ0n) is 7.96. The van der Waals surface area contributed by atoms with Crippen LogP contribution in [0.5, 0.6) is 0 Å². The summed E-state index contributed by atoms with van der Waals surface area (Å²) in [5, 5.41) is 11.1. The van der Waals surface area contributed by atoms with Crippen LogP contribution in [0.25, 0.3) is 0 Å². The number of aliphatic carboxylic acids is 1. The van der Waals surface area contributed by atoms with Crippen LogP contribution in [0.3, 0.4) is 0 Å². The summed E-state index contributed by atoms with van der Waals surface area (Å²) in [6.45, 7) is 3.35. The minimum Gasteiger partial charge on any atom is -0.480 e. The molecule has 0 spiro atoms. The fourth-order valence-electron chi connectivity index (χ4n) is 1.37. The van der Waals surface area contributed by atoms with Gasteiger partial charge in [-0.1, -0.05) is 13.3 Å². The van der Waals surface area contributed by atoms with E-state index in [2.05, 4.69) is 5.32 Å². The molecule has 74 valence electrons. The summed E-state index contributed by atoms with van der Waals surface area (Å²) in [6.07, 6.45) is 2.79. The first-order valence-electron chi connectivity index (χ1n) is 4.49. The molecule has 4 heteroatoms. The Labute approximate surface area is 77.3 Å². The molecule has 0 unspecified atom stereocenters. The third-order valence-corrected chi connectivity index (χ3v) is 2.72. The zero-order valence-corrected chi connectivity index (χ0v) is 7.96. The van der Waals surface area contributed by atoms with Gasteiger partial charge in [0.1, 0.15) is 6.04 Å². The summed E-state index contributed by atoms with van der Waals surface area (Å²) in [7, 11) is 0. The molecule has 1 aliphatic rings. The lowest BCUT2D eigenvalue weighted by molar-refractivity contribution is -0.144. The van der Waals surface area contributed by atoms with Crippen LogP contribution in [0.15, 0.2) is 0 Å². The highest BCUT2D eigenvalue weighted by atomic mass is 16.4. The lowest BCUT2D eigenvalue weighted by Crippen LogP contribution is -2.48. The van der Waals surface area contributed by atoms with E-state index in [1.54, 1.807) is 0 Å². The van der Waals surface area contributed by atoms with Crippen LogP contribution in [-0.2, 0) is 9.59 Å². The molecule has 1 saturated carbocycles. The molecule has 1 fully saturated rings. The average molecular weight is 185 g/mol. The molecule has 0 bridgehead atoms. The molecule has 2 N–H and O–H groups in total. The summed E-state index contributed by atoms with van der Waals surface area (Å²) in [6, 6.07) is -0.787. The lowest BCUT2D eigenvalue weighted by atomic mass is 9.70. The summed E-state index contributed by atoms with van der Waals surface area (Å²) < 4.78 is 0. The Morgan fingerprint density at radius 1 is 1.46 bits per heavy atom. The standard InChI is InChI=1S/C9H15NO3/c1-6(7(11)12)10-8(13)9(2)4-3-5-9/h6H,3-5H2,1-2H3,(H,10,13)(H,11,12)/t6-/m0/s1. The first-order valence-corrected chi connectivity index (χ1v) is 4.49. The molecule has 0 aliphatic heterocycles. The molecule has 0 aromatic carbocycles. The molecule has 1 aliphatic carbocycles. The second-order valence-electron chi connectivity index (χ2n) is 3.95. The van der Waals surface area contributed by atoms with Gasteiger partial charge in [-0.3, -0.25) is 9.59 Å². The van der Waals surface area contributed by atoms with Crippen molar-refractivity contribution in [3.63, 3.8) is 0 Å². The van der Waals surface area contributed by atoms with Crippen LogP contribution in [0.2, 0.25) is 0 Å². The van der Waals surface area contributed by atoms with Gasteiger partial charge in [-0.2, -0.15) is 0 Å². The van der Waals surface area contributed by atoms with Crippen LogP contribution in [0.4, 0.5) is 0 Å². The van der Waals surface area contributed by atoms with E-state index in [0.717, 1.165) is 19.3 Å². The van der Waals surface area contributed by atoms with Gasteiger partial charge in [0.2, 0.25) is 5.91 Å². The molecule has 0 saturated heterocycles. The summed E-state index contributed by atoms with van der Waals surface area (Å²) in [5.74, 6) is -1.12. The predicted molar refractivity (Wildman–Crippen MR) is 47.2 cm³/mol. The van der Waals surface area contributed by atoms with Gasteiger partial charge in [0, 0.05) is 5.41 Å². The third kappa shape index (κ3) is 1.99. The second-order valence-corrected chi connectivity index (χ2v) is 3.95. The minimum atomic E-state index is -0.990. The lowest BCUT2D eigenvalue weighted by Gasteiger charge is -2.37. The topological polar surface area (TPSA) is 66.4 Å². The van der Waals surface area contributed by atoms with Crippen molar-refractivity contribution in [2.24, 2.45) is 5.41 Å². The molecule has 4 nitrogen and oxygen atoms in total. The van der Waals surface area contributed by atoms with Crippen molar-refractivity contribution >= 4 is 11.9 Å². The number of amides is 1. The molecular weight excluding hydrogens is 170 g/mol. The highest BCUT2D eigenvalue weighted by Crippen LogP contribution is 2.40. The number of carbonyl (C=O) groups excluding carboxylic acids is 1. The summed E-state index contributed by atoms with van der Waals surface area (Å²) in [4.78, 5) is 21.9.